The van der Waals surface area contributed by atoms with Crippen LogP contribution in [0.4, 0.5) is 0 Å². The molecule has 0 spiro atoms. The summed E-state index contributed by atoms with van der Waals surface area (Å²) in [5.41, 5.74) is 0. The van der Waals surface area contributed by atoms with Gasteiger partial charge in [0.1, 0.15) is 42.7 Å². The summed E-state index contributed by atoms with van der Waals surface area (Å²) < 4.78 is 20.8. The number of aliphatic hydroxyl groups excluding tert-OH is 6. The summed E-state index contributed by atoms with van der Waals surface area (Å²) in [4.78, 5) is 0. The Hall–Kier alpha value is -0.400. The Morgan fingerprint density at radius 2 is 1.32 bits per heavy atom. The van der Waals surface area contributed by atoms with Gasteiger partial charge in [-0.3, -0.25) is 0 Å². The van der Waals surface area contributed by atoms with Crippen LogP contribution in [0.15, 0.2) is 0 Å². The highest BCUT2D eigenvalue weighted by atomic mass is 16.8. The summed E-state index contributed by atoms with van der Waals surface area (Å²) >= 11 is 0. The van der Waals surface area contributed by atoms with Gasteiger partial charge in [0.25, 0.3) is 0 Å². The van der Waals surface area contributed by atoms with Crippen molar-refractivity contribution in [3.8, 4) is 0 Å². The van der Waals surface area contributed by atoms with E-state index in [-0.39, 0.29) is 0 Å². The molecular weight excluding hydrogens is 304 g/mol. The predicted molar refractivity (Wildman–Crippen MR) is 67.4 cm³/mol. The van der Waals surface area contributed by atoms with Crippen molar-refractivity contribution < 1.29 is 49.6 Å². The van der Waals surface area contributed by atoms with Crippen molar-refractivity contribution >= 4 is 0 Å². The maximum absolute atomic E-state index is 10.0. The molecule has 22 heavy (non-hydrogen) atoms. The maximum atomic E-state index is 10.0. The minimum absolute atomic E-state index is 0.463. The Bertz CT molecular complexity index is 351. The normalized spacial score (nSPS) is 49.5. The van der Waals surface area contributed by atoms with Crippen LogP contribution in [-0.2, 0) is 18.9 Å². The third kappa shape index (κ3) is 3.26. The number of hydrogen-bond acceptors (Lipinski definition) is 10. The molecule has 2 heterocycles. The number of hydrogen-bond donors (Lipinski definition) is 6. The molecule has 2 aliphatic rings. The first-order valence-corrected chi connectivity index (χ1v) is 6.87. The predicted octanol–water partition coefficient (Wildman–Crippen LogP) is -4.10. The fourth-order valence-corrected chi connectivity index (χ4v) is 2.52. The van der Waals surface area contributed by atoms with Gasteiger partial charge in [0.15, 0.2) is 12.6 Å². The molecule has 0 saturated carbocycles. The van der Waals surface area contributed by atoms with Crippen molar-refractivity contribution in [3.63, 3.8) is 0 Å². The zero-order valence-corrected chi connectivity index (χ0v) is 11.9. The molecule has 0 amide bonds. The second kappa shape index (κ2) is 7.45. The molecule has 130 valence electrons. The topological polar surface area (TPSA) is 158 Å². The van der Waals surface area contributed by atoms with Crippen LogP contribution in [0, 0.1) is 0 Å². The minimum atomic E-state index is -1.60. The van der Waals surface area contributed by atoms with Gasteiger partial charge in [-0.25, -0.2) is 0 Å². The highest BCUT2D eigenvalue weighted by Gasteiger charge is 2.50. The Balaban J connectivity index is 2.07. The van der Waals surface area contributed by atoms with Gasteiger partial charge in [0, 0.05) is 7.11 Å². The van der Waals surface area contributed by atoms with Crippen molar-refractivity contribution in [2.75, 3.05) is 20.3 Å². The van der Waals surface area contributed by atoms with Crippen molar-refractivity contribution in [1.29, 1.82) is 0 Å². The lowest BCUT2D eigenvalue weighted by Gasteiger charge is -2.41. The molecule has 2 saturated heterocycles. The van der Waals surface area contributed by atoms with Gasteiger partial charge in [-0.15, -0.1) is 0 Å². The molecule has 0 aromatic heterocycles. The van der Waals surface area contributed by atoms with E-state index in [0.29, 0.717) is 0 Å². The zero-order chi connectivity index (χ0) is 16.4. The fraction of sp³-hybridized carbons (Fsp3) is 1.00. The van der Waals surface area contributed by atoms with Crippen LogP contribution in [0.25, 0.3) is 0 Å². The minimum Gasteiger partial charge on any atom is -0.394 e. The third-order valence-electron chi connectivity index (χ3n) is 3.85. The standard InChI is InChI=1S/C12H22O10/c1-19-12-10(7(16)5(3-14)21-12)22-11-9(18)8(17)6(15)4(2-13)20-11/h4-18H,2-3H2,1H3. The molecule has 0 bridgehead atoms. The number of rotatable bonds is 5. The smallest absolute Gasteiger partial charge is 0.187 e. The molecule has 0 radical (unpaired) electrons. The van der Waals surface area contributed by atoms with E-state index < -0.39 is 68.5 Å². The first kappa shape index (κ1) is 17.9. The van der Waals surface area contributed by atoms with Crippen LogP contribution >= 0.6 is 0 Å². The molecule has 0 aromatic rings. The molecule has 0 aliphatic carbocycles. The highest BCUT2D eigenvalue weighted by Crippen LogP contribution is 2.29. The van der Waals surface area contributed by atoms with Crippen LogP contribution in [0.3, 0.4) is 0 Å². The quantitative estimate of drug-likeness (QED) is 0.293. The molecule has 2 aliphatic heterocycles. The second-order valence-corrected chi connectivity index (χ2v) is 5.25. The Kier molecular flexibility index (Phi) is 6.07. The van der Waals surface area contributed by atoms with Crippen LogP contribution in [0.1, 0.15) is 0 Å². The first-order chi connectivity index (χ1) is 10.4. The largest absolute Gasteiger partial charge is 0.394 e. The average Bonchev–Trinajstić information content (AvgIpc) is 2.83. The lowest BCUT2D eigenvalue weighted by Crippen LogP contribution is -2.60. The van der Waals surface area contributed by atoms with Gasteiger partial charge in [0.2, 0.25) is 0 Å². The molecule has 2 rings (SSSR count). The number of methoxy groups -OCH3 is 1. The molecule has 0 aromatic carbocycles. The van der Waals surface area contributed by atoms with E-state index in [1.807, 2.05) is 0 Å². The maximum Gasteiger partial charge on any atom is 0.187 e. The van der Waals surface area contributed by atoms with Gasteiger partial charge in [-0.05, 0) is 0 Å². The lowest BCUT2D eigenvalue weighted by atomic mass is 9.99. The molecule has 6 N–H and O–H groups in total. The van der Waals surface area contributed by atoms with Crippen LogP contribution in [-0.4, -0.2) is 106 Å². The summed E-state index contributed by atoms with van der Waals surface area (Å²) in [6.45, 7) is -1.06. The van der Waals surface area contributed by atoms with E-state index >= 15 is 0 Å². The molecule has 9 unspecified atom stereocenters. The molecule has 2 fully saturated rings. The number of ether oxygens (including phenoxy) is 4. The van der Waals surface area contributed by atoms with Crippen molar-refractivity contribution in [2.24, 2.45) is 0 Å². The fourth-order valence-electron chi connectivity index (χ4n) is 2.52. The van der Waals surface area contributed by atoms with Gasteiger partial charge in [-0.2, -0.15) is 0 Å². The Morgan fingerprint density at radius 1 is 0.773 bits per heavy atom. The van der Waals surface area contributed by atoms with E-state index in [2.05, 4.69) is 0 Å². The van der Waals surface area contributed by atoms with Gasteiger partial charge < -0.3 is 49.6 Å². The third-order valence-corrected chi connectivity index (χ3v) is 3.85. The van der Waals surface area contributed by atoms with Crippen molar-refractivity contribution in [1.82, 2.24) is 0 Å². The summed E-state index contributed by atoms with van der Waals surface area (Å²) in [5, 5.41) is 57.5. The van der Waals surface area contributed by atoms with Crippen LogP contribution in [0.5, 0.6) is 0 Å². The molecule has 10 heteroatoms. The monoisotopic (exact) mass is 326 g/mol. The highest BCUT2D eigenvalue weighted by molar-refractivity contribution is 4.92. The summed E-state index contributed by atoms with van der Waals surface area (Å²) in [6, 6.07) is 0. The van der Waals surface area contributed by atoms with E-state index in [1.165, 1.54) is 7.11 Å². The van der Waals surface area contributed by atoms with E-state index in [1.54, 1.807) is 0 Å². The van der Waals surface area contributed by atoms with Gasteiger partial charge >= 0.3 is 0 Å². The van der Waals surface area contributed by atoms with E-state index in [9.17, 15) is 20.4 Å². The first-order valence-electron chi connectivity index (χ1n) is 6.87. The summed E-state index contributed by atoms with van der Waals surface area (Å²) in [6.07, 6.45) is -11.5. The molecule has 9 atom stereocenters. The Morgan fingerprint density at radius 3 is 1.86 bits per heavy atom. The van der Waals surface area contributed by atoms with E-state index in [0.717, 1.165) is 0 Å². The molecular formula is C12H22O10. The Labute approximate surface area is 126 Å². The second-order valence-electron chi connectivity index (χ2n) is 5.25. The molecule has 10 nitrogen and oxygen atoms in total. The SMILES string of the molecule is COC1OC(CO)C(O)C1OC1OC(CO)C(O)C(O)C1O. The summed E-state index contributed by atoms with van der Waals surface area (Å²) in [7, 11) is 1.31. The van der Waals surface area contributed by atoms with Crippen LogP contribution in [0.2, 0.25) is 0 Å². The van der Waals surface area contributed by atoms with E-state index in [4.69, 9.17) is 29.2 Å². The van der Waals surface area contributed by atoms with Crippen molar-refractivity contribution in [3.05, 3.63) is 0 Å². The van der Waals surface area contributed by atoms with Crippen LogP contribution < -0.4 is 0 Å². The zero-order valence-electron chi connectivity index (χ0n) is 11.9. The van der Waals surface area contributed by atoms with Gasteiger partial charge in [-0.1, -0.05) is 0 Å². The van der Waals surface area contributed by atoms with Gasteiger partial charge in [0.05, 0.1) is 13.2 Å². The lowest BCUT2D eigenvalue weighted by molar-refractivity contribution is -0.325. The van der Waals surface area contributed by atoms with Crippen molar-refractivity contribution in [2.45, 2.75) is 55.3 Å². The average molecular weight is 326 g/mol. The number of aliphatic hydroxyl groups is 6. The summed E-state index contributed by atoms with van der Waals surface area (Å²) in [5.74, 6) is 0.